The summed E-state index contributed by atoms with van der Waals surface area (Å²) in [4.78, 5) is 4.14. The van der Waals surface area contributed by atoms with Crippen molar-refractivity contribution in [3.8, 4) is 11.3 Å². The van der Waals surface area contributed by atoms with Gasteiger partial charge >= 0.3 is 0 Å². The molecule has 0 N–H and O–H groups in total. The van der Waals surface area contributed by atoms with Gasteiger partial charge in [0.1, 0.15) is 16.2 Å². The molecule has 6 heteroatoms. The number of halogens is 3. The van der Waals surface area contributed by atoms with E-state index >= 15 is 0 Å². The van der Waals surface area contributed by atoms with Gasteiger partial charge in [-0.3, -0.25) is 0 Å². The molecule has 0 saturated carbocycles. The maximum atomic E-state index is 13.6. The van der Waals surface area contributed by atoms with Gasteiger partial charge < -0.3 is 0 Å². The average Bonchev–Trinajstić information content (AvgIpc) is 2.71. The Labute approximate surface area is 109 Å². The first-order valence-electron chi connectivity index (χ1n) is 5.11. The van der Waals surface area contributed by atoms with Crippen LogP contribution >= 0.6 is 15.9 Å². The van der Waals surface area contributed by atoms with Crippen molar-refractivity contribution in [1.29, 1.82) is 0 Å². The van der Waals surface area contributed by atoms with Crippen LogP contribution in [0.2, 0.25) is 0 Å². The molecule has 0 aliphatic carbocycles. The summed E-state index contributed by atoms with van der Waals surface area (Å²) in [5, 5.41) is 4.19. The van der Waals surface area contributed by atoms with Crippen LogP contribution < -0.4 is 0 Å². The first kappa shape index (κ1) is 11.3. The van der Waals surface area contributed by atoms with E-state index in [-0.39, 0.29) is 5.56 Å². The minimum atomic E-state index is -0.512. The van der Waals surface area contributed by atoms with Crippen LogP contribution in [0, 0.1) is 11.6 Å². The predicted octanol–water partition coefficient (Wildman–Crippen LogP) is 3.44. The van der Waals surface area contributed by atoms with Crippen molar-refractivity contribution in [2.75, 3.05) is 0 Å². The molecular formula is C12H6BrF2N3. The molecule has 3 rings (SSSR count). The monoisotopic (exact) mass is 309 g/mol. The van der Waals surface area contributed by atoms with E-state index in [1.165, 1.54) is 4.52 Å². The first-order valence-corrected chi connectivity index (χ1v) is 5.90. The molecule has 0 aliphatic heterocycles. The van der Waals surface area contributed by atoms with Crippen LogP contribution in [0.15, 0.2) is 41.1 Å². The second kappa shape index (κ2) is 4.13. The van der Waals surface area contributed by atoms with Crippen molar-refractivity contribution >= 4 is 21.6 Å². The second-order valence-electron chi connectivity index (χ2n) is 3.71. The molecule has 3 nitrogen and oxygen atoms in total. The van der Waals surface area contributed by atoms with Crippen LogP contribution in [0.5, 0.6) is 0 Å². The zero-order valence-corrected chi connectivity index (χ0v) is 10.5. The van der Waals surface area contributed by atoms with Crippen molar-refractivity contribution in [3.05, 3.63) is 52.8 Å². The van der Waals surface area contributed by atoms with E-state index in [9.17, 15) is 8.78 Å². The third kappa shape index (κ3) is 1.88. The number of nitrogens with zero attached hydrogens (tertiary/aromatic N) is 3. The van der Waals surface area contributed by atoms with Crippen molar-refractivity contribution < 1.29 is 8.78 Å². The Morgan fingerprint density at radius 2 is 1.94 bits per heavy atom. The maximum absolute atomic E-state index is 13.6. The summed E-state index contributed by atoms with van der Waals surface area (Å²) in [6, 6.07) is 6.57. The molecule has 0 unspecified atom stereocenters. The predicted molar refractivity (Wildman–Crippen MR) is 66.0 cm³/mol. The average molecular weight is 310 g/mol. The van der Waals surface area contributed by atoms with Crippen LogP contribution in [-0.2, 0) is 0 Å². The Bertz CT molecular complexity index is 739. The Balaban J connectivity index is 2.21. The molecule has 0 aliphatic rings. The molecule has 0 atom stereocenters. The number of fused-ring (bicyclic) bond motifs is 1. The summed E-state index contributed by atoms with van der Waals surface area (Å²) >= 11 is 3.23. The summed E-state index contributed by atoms with van der Waals surface area (Å²) in [5.41, 5.74) is 1.11. The maximum Gasteiger partial charge on any atom is 0.154 e. The lowest BCUT2D eigenvalue weighted by atomic mass is 10.1. The van der Waals surface area contributed by atoms with Gasteiger partial charge in [-0.2, -0.15) is 5.10 Å². The Morgan fingerprint density at radius 3 is 2.78 bits per heavy atom. The van der Waals surface area contributed by atoms with Gasteiger partial charge in [0.2, 0.25) is 0 Å². The van der Waals surface area contributed by atoms with Crippen LogP contribution in [0.3, 0.4) is 0 Å². The molecule has 2 aromatic heterocycles. The summed E-state index contributed by atoms with van der Waals surface area (Å²) in [6.45, 7) is 0. The summed E-state index contributed by atoms with van der Waals surface area (Å²) in [5.74, 6) is -1.01. The lowest BCUT2D eigenvalue weighted by Gasteiger charge is -2.03. The molecule has 0 amide bonds. The smallest absolute Gasteiger partial charge is 0.154 e. The minimum absolute atomic E-state index is 0.127. The Kier molecular flexibility index (Phi) is 2.59. The molecule has 0 bridgehead atoms. The fourth-order valence-corrected chi connectivity index (χ4v) is 2.07. The van der Waals surface area contributed by atoms with E-state index in [2.05, 4.69) is 26.0 Å². The Morgan fingerprint density at radius 1 is 1.11 bits per heavy atom. The normalized spacial score (nSPS) is 11.1. The van der Waals surface area contributed by atoms with Gasteiger partial charge in [-0.15, -0.1) is 0 Å². The molecule has 3 aromatic rings. The van der Waals surface area contributed by atoms with Gasteiger partial charge in [-0.25, -0.2) is 18.3 Å². The molecule has 18 heavy (non-hydrogen) atoms. The van der Waals surface area contributed by atoms with E-state index < -0.39 is 11.6 Å². The minimum Gasteiger partial charge on any atom is -0.220 e. The Hall–Kier alpha value is -1.82. The standard InChI is InChI=1S/C12H6BrF2N3/c13-11-6-18-12(16-11)4-3-10(17-18)8-5-7(14)1-2-9(8)15/h1-6H. The largest absolute Gasteiger partial charge is 0.220 e. The van der Waals surface area contributed by atoms with Crippen LogP contribution in [0.25, 0.3) is 16.9 Å². The summed E-state index contributed by atoms with van der Waals surface area (Å²) < 4.78 is 28.9. The van der Waals surface area contributed by atoms with Crippen LogP contribution in [0.4, 0.5) is 8.78 Å². The van der Waals surface area contributed by atoms with E-state index in [0.717, 1.165) is 18.2 Å². The summed E-state index contributed by atoms with van der Waals surface area (Å²) in [7, 11) is 0. The molecule has 1 aromatic carbocycles. The summed E-state index contributed by atoms with van der Waals surface area (Å²) in [6.07, 6.45) is 1.65. The SMILES string of the molecule is Fc1ccc(F)c(-c2ccc3nc(Br)cn3n2)c1. The third-order valence-corrected chi connectivity index (χ3v) is 2.88. The number of aromatic nitrogens is 3. The quantitative estimate of drug-likeness (QED) is 0.689. The van der Waals surface area contributed by atoms with E-state index in [0.29, 0.717) is 15.9 Å². The molecule has 0 radical (unpaired) electrons. The number of hydrogen-bond donors (Lipinski definition) is 0. The van der Waals surface area contributed by atoms with Gasteiger partial charge in [-0.1, -0.05) is 0 Å². The zero-order chi connectivity index (χ0) is 12.7. The van der Waals surface area contributed by atoms with Crippen LogP contribution in [0.1, 0.15) is 0 Å². The molecule has 0 spiro atoms. The molecule has 90 valence electrons. The van der Waals surface area contributed by atoms with Crippen LogP contribution in [-0.4, -0.2) is 14.6 Å². The number of imidazole rings is 1. The van der Waals surface area contributed by atoms with Gasteiger partial charge in [0, 0.05) is 5.56 Å². The highest BCUT2D eigenvalue weighted by Gasteiger charge is 2.09. The van der Waals surface area contributed by atoms with E-state index in [1.54, 1.807) is 18.3 Å². The second-order valence-corrected chi connectivity index (χ2v) is 4.52. The van der Waals surface area contributed by atoms with Gasteiger partial charge in [-0.05, 0) is 46.3 Å². The van der Waals surface area contributed by atoms with Crippen molar-refractivity contribution in [2.45, 2.75) is 0 Å². The molecular weight excluding hydrogens is 304 g/mol. The van der Waals surface area contributed by atoms with Gasteiger partial charge in [0.15, 0.2) is 5.65 Å². The molecule has 0 saturated heterocycles. The highest BCUT2D eigenvalue weighted by molar-refractivity contribution is 9.10. The zero-order valence-electron chi connectivity index (χ0n) is 8.94. The molecule has 2 heterocycles. The van der Waals surface area contributed by atoms with Gasteiger partial charge in [0.05, 0.1) is 11.9 Å². The highest BCUT2D eigenvalue weighted by Crippen LogP contribution is 2.22. The number of hydrogen-bond acceptors (Lipinski definition) is 2. The third-order valence-electron chi connectivity index (χ3n) is 2.50. The fraction of sp³-hybridized carbons (Fsp3) is 0. The van der Waals surface area contributed by atoms with Crippen molar-refractivity contribution in [2.24, 2.45) is 0 Å². The van der Waals surface area contributed by atoms with Gasteiger partial charge in [0.25, 0.3) is 0 Å². The van der Waals surface area contributed by atoms with E-state index in [4.69, 9.17) is 0 Å². The fourth-order valence-electron chi connectivity index (χ4n) is 1.69. The van der Waals surface area contributed by atoms with Crippen molar-refractivity contribution in [1.82, 2.24) is 14.6 Å². The van der Waals surface area contributed by atoms with Crippen molar-refractivity contribution in [3.63, 3.8) is 0 Å². The lowest BCUT2D eigenvalue weighted by Crippen LogP contribution is -1.95. The van der Waals surface area contributed by atoms with E-state index in [1.807, 2.05) is 0 Å². The highest BCUT2D eigenvalue weighted by atomic mass is 79.9. The molecule has 0 fully saturated rings. The number of rotatable bonds is 1. The topological polar surface area (TPSA) is 30.2 Å². The number of benzene rings is 1. The first-order chi connectivity index (χ1) is 8.63. The lowest BCUT2D eigenvalue weighted by molar-refractivity contribution is 0.602.